The van der Waals surface area contributed by atoms with Gasteiger partial charge in [-0.25, -0.2) is 0 Å². The fraction of sp³-hybridized carbons (Fsp3) is 0.429. The Bertz CT molecular complexity index is 376. The minimum atomic E-state index is 0.608. The summed E-state index contributed by atoms with van der Waals surface area (Å²) in [5, 5.41) is 0. The van der Waals surface area contributed by atoms with Gasteiger partial charge in [0.25, 0.3) is 0 Å². The molecule has 2 heteroatoms. The Morgan fingerprint density at radius 2 is 2.00 bits per heavy atom. The first-order valence-electron chi connectivity index (χ1n) is 5.74. The molecule has 0 aliphatic heterocycles. The van der Waals surface area contributed by atoms with Gasteiger partial charge in [-0.3, -0.25) is 0 Å². The summed E-state index contributed by atoms with van der Waals surface area (Å²) in [6.07, 6.45) is 4.41. The molecule has 0 fully saturated rings. The van der Waals surface area contributed by atoms with Crippen LogP contribution in [0.4, 0.5) is 0 Å². The van der Waals surface area contributed by atoms with Crippen LogP contribution < -0.4 is 0 Å². The molecule has 1 rings (SSSR count). The average molecular weight is 346 g/mol. The van der Waals surface area contributed by atoms with Crippen molar-refractivity contribution in [3.05, 3.63) is 38.3 Å². The lowest BCUT2D eigenvalue weighted by Gasteiger charge is -2.16. The van der Waals surface area contributed by atoms with E-state index in [-0.39, 0.29) is 0 Å². The SMILES string of the molecule is CCc1cccc(C(C)CC)c1C=C(Br)Br. The maximum atomic E-state index is 3.46. The highest BCUT2D eigenvalue weighted by Crippen LogP contribution is 2.29. The minimum absolute atomic E-state index is 0.608. The van der Waals surface area contributed by atoms with Crippen molar-refractivity contribution in [1.82, 2.24) is 0 Å². The van der Waals surface area contributed by atoms with Crippen LogP contribution in [0.25, 0.3) is 6.08 Å². The summed E-state index contributed by atoms with van der Waals surface area (Å²) in [7, 11) is 0. The second kappa shape index (κ2) is 6.61. The van der Waals surface area contributed by atoms with Crippen molar-refractivity contribution < 1.29 is 0 Å². The van der Waals surface area contributed by atoms with Crippen LogP contribution in [0.15, 0.2) is 21.6 Å². The summed E-state index contributed by atoms with van der Waals surface area (Å²) in [4.78, 5) is 0. The van der Waals surface area contributed by atoms with E-state index in [1.165, 1.54) is 23.1 Å². The fourth-order valence-electron chi connectivity index (χ4n) is 1.88. The Balaban J connectivity index is 3.31. The monoisotopic (exact) mass is 344 g/mol. The zero-order valence-electron chi connectivity index (χ0n) is 10.1. The molecule has 0 saturated heterocycles. The molecule has 0 spiro atoms. The average Bonchev–Trinajstić information content (AvgIpc) is 2.27. The predicted molar refractivity (Wildman–Crippen MR) is 80.4 cm³/mol. The molecule has 0 amide bonds. The van der Waals surface area contributed by atoms with Crippen LogP contribution in [0, 0.1) is 0 Å². The molecular weight excluding hydrogens is 328 g/mol. The van der Waals surface area contributed by atoms with Crippen molar-refractivity contribution >= 4 is 37.9 Å². The first kappa shape index (κ1) is 14.0. The van der Waals surface area contributed by atoms with Crippen molar-refractivity contribution in [3.63, 3.8) is 0 Å². The van der Waals surface area contributed by atoms with E-state index in [9.17, 15) is 0 Å². The molecule has 88 valence electrons. The molecule has 1 aromatic rings. The largest absolute Gasteiger partial charge is 0.0648 e. The van der Waals surface area contributed by atoms with Gasteiger partial charge in [0.1, 0.15) is 0 Å². The highest BCUT2D eigenvalue weighted by molar-refractivity contribution is 9.28. The second-order valence-corrected chi connectivity index (χ2v) is 6.79. The lowest BCUT2D eigenvalue weighted by atomic mass is 9.90. The lowest BCUT2D eigenvalue weighted by Crippen LogP contribution is -1.98. The third-order valence-electron chi connectivity index (χ3n) is 3.01. The maximum Gasteiger partial charge on any atom is 0.0610 e. The summed E-state index contributed by atoms with van der Waals surface area (Å²) in [5.41, 5.74) is 4.22. The number of hydrogen-bond donors (Lipinski definition) is 0. The van der Waals surface area contributed by atoms with Gasteiger partial charge in [0.05, 0.1) is 3.39 Å². The van der Waals surface area contributed by atoms with Crippen LogP contribution in [-0.4, -0.2) is 0 Å². The molecule has 0 radical (unpaired) electrons. The van der Waals surface area contributed by atoms with Crippen LogP contribution in [0.5, 0.6) is 0 Å². The van der Waals surface area contributed by atoms with Crippen molar-refractivity contribution in [2.75, 3.05) is 0 Å². The molecule has 0 bridgehead atoms. The van der Waals surface area contributed by atoms with E-state index in [0.717, 1.165) is 9.81 Å². The molecule has 0 aliphatic carbocycles. The molecule has 0 saturated carbocycles. The van der Waals surface area contributed by atoms with Gasteiger partial charge >= 0.3 is 0 Å². The molecule has 0 aliphatic rings. The highest BCUT2D eigenvalue weighted by atomic mass is 79.9. The molecule has 0 heterocycles. The van der Waals surface area contributed by atoms with Crippen molar-refractivity contribution in [1.29, 1.82) is 0 Å². The Hall–Kier alpha value is -0.0800. The van der Waals surface area contributed by atoms with Gasteiger partial charge in [0, 0.05) is 0 Å². The number of hydrogen-bond acceptors (Lipinski definition) is 0. The highest BCUT2D eigenvalue weighted by Gasteiger charge is 2.10. The first-order chi connectivity index (χ1) is 7.60. The summed E-state index contributed by atoms with van der Waals surface area (Å²) in [6, 6.07) is 6.61. The van der Waals surface area contributed by atoms with Gasteiger partial charge in [0.2, 0.25) is 0 Å². The van der Waals surface area contributed by atoms with E-state index < -0.39 is 0 Å². The second-order valence-electron chi connectivity index (χ2n) is 4.02. The summed E-state index contributed by atoms with van der Waals surface area (Å²) in [6.45, 7) is 6.73. The zero-order chi connectivity index (χ0) is 12.1. The molecule has 0 aromatic heterocycles. The van der Waals surface area contributed by atoms with E-state index in [2.05, 4.69) is 76.9 Å². The Labute approximate surface area is 115 Å². The van der Waals surface area contributed by atoms with Gasteiger partial charge in [-0.2, -0.15) is 0 Å². The van der Waals surface area contributed by atoms with Crippen LogP contribution in [0.2, 0.25) is 0 Å². The molecule has 1 aromatic carbocycles. The van der Waals surface area contributed by atoms with E-state index in [4.69, 9.17) is 0 Å². The molecular formula is C14H18Br2. The third kappa shape index (κ3) is 3.46. The predicted octanol–water partition coefficient (Wildman–Crippen LogP) is 5.85. The van der Waals surface area contributed by atoms with Gasteiger partial charge in [-0.15, -0.1) is 0 Å². The first-order valence-corrected chi connectivity index (χ1v) is 7.33. The molecule has 16 heavy (non-hydrogen) atoms. The minimum Gasteiger partial charge on any atom is -0.0648 e. The van der Waals surface area contributed by atoms with Gasteiger partial charge < -0.3 is 0 Å². The molecule has 0 nitrogen and oxygen atoms in total. The summed E-state index contributed by atoms with van der Waals surface area (Å²) >= 11 is 6.91. The molecule has 1 atom stereocenters. The number of aryl methyl sites for hydroxylation is 1. The molecule has 1 unspecified atom stereocenters. The zero-order valence-corrected chi connectivity index (χ0v) is 13.2. The Morgan fingerprint density at radius 1 is 1.31 bits per heavy atom. The number of rotatable bonds is 4. The van der Waals surface area contributed by atoms with Crippen molar-refractivity contribution in [2.45, 2.75) is 39.5 Å². The Kier molecular flexibility index (Phi) is 5.77. The topological polar surface area (TPSA) is 0 Å². The molecule has 0 N–H and O–H groups in total. The van der Waals surface area contributed by atoms with Crippen LogP contribution in [0.3, 0.4) is 0 Å². The number of benzene rings is 1. The van der Waals surface area contributed by atoms with Crippen LogP contribution in [0.1, 0.15) is 49.8 Å². The maximum absolute atomic E-state index is 3.46. The fourth-order valence-corrected chi connectivity index (χ4v) is 2.33. The lowest BCUT2D eigenvalue weighted by molar-refractivity contribution is 0.730. The summed E-state index contributed by atoms with van der Waals surface area (Å²) < 4.78 is 1.01. The smallest absolute Gasteiger partial charge is 0.0610 e. The van der Waals surface area contributed by atoms with Gasteiger partial charge in [-0.05, 0) is 73.4 Å². The van der Waals surface area contributed by atoms with Crippen LogP contribution in [-0.2, 0) is 6.42 Å². The van der Waals surface area contributed by atoms with Gasteiger partial charge in [-0.1, -0.05) is 39.0 Å². The summed E-state index contributed by atoms with van der Waals surface area (Å²) in [5.74, 6) is 0.608. The van der Waals surface area contributed by atoms with Gasteiger partial charge in [0.15, 0.2) is 0 Å². The Morgan fingerprint density at radius 3 is 2.50 bits per heavy atom. The number of halogens is 2. The van der Waals surface area contributed by atoms with E-state index >= 15 is 0 Å². The normalized spacial score (nSPS) is 12.3. The quantitative estimate of drug-likeness (QED) is 0.642. The third-order valence-corrected chi connectivity index (χ3v) is 3.47. The van der Waals surface area contributed by atoms with E-state index in [1.807, 2.05) is 0 Å². The standard InChI is InChI=1S/C14H18Br2/c1-4-10(3)12-8-6-7-11(5-2)13(12)9-14(15)16/h6-10H,4-5H2,1-3H3. The van der Waals surface area contributed by atoms with E-state index in [1.54, 1.807) is 0 Å². The van der Waals surface area contributed by atoms with E-state index in [0.29, 0.717) is 5.92 Å². The van der Waals surface area contributed by atoms with Crippen LogP contribution >= 0.6 is 31.9 Å². The van der Waals surface area contributed by atoms with Crippen molar-refractivity contribution in [3.8, 4) is 0 Å². The van der Waals surface area contributed by atoms with Crippen molar-refractivity contribution in [2.24, 2.45) is 0 Å².